The summed E-state index contributed by atoms with van der Waals surface area (Å²) in [4.78, 5) is 23.9. The summed E-state index contributed by atoms with van der Waals surface area (Å²) in [5.41, 5.74) is 4.77. The highest BCUT2D eigenvalue weighted by Crippen LogP contribution is 2.22. The van der Waals surface area contributed by atoms with Gasteiger partial charge in [0.05, 0.1) is 23.5 Å². The van der Waals surface area contributed by atoms with Crippen molar-refractivity contribution >= 4 is 33.7 Å². The number of oxime groups is 1. The van der Waals surface area contributed by atoms with Crippen LogP contribution in [0, 0.1) is 0 Å². The lowest BCUT2D eigenvalue weighted by Gasteiger charge is -2.18. The summed E-state index contributed by atoms with van der Waals surface area (Å²) in [6.07, 6.45) is 0.688. The van der Waals surface area contributed by atoms with Gasteiger partial charge in [0.1, 0.15) is 0 Å². The van der Waals surface area contributed by atoms with E-state index in [1.54, 1.807) is 17.5 Å². The number of carbonyl (C=O) groups excluding carboxylic acids is 1. The third-order valence-electron chi connectivity index (χ3n) is 4.54. The van der Waals surface area contributed by atoms with Crippen LogP contribution in [0.3, 0.4) is 0 Å². The monoisotopic (exact) mass is 365 g/mol. The van der Waals surface area contributed by atoms with E-state index in [0.717, 1.165) is 11.4 Å². The van der Waals surface area contributed by atoms with Gasteiger partial charge in [-0.25, -0.2) is 4.98 Å². The van der Waals surface area contributed by atoms with Crippen molar-refractivity contribution in [3.63, 3.8) is 0 Å². The lowest BCUT2D eigenvalue weighted by Crippen LogP contribution is -2.36. The average molecular weight is 365 g/mol. The summed E-state index contributed by atoms with van der Waals surface area (Å²) in [6, 6.07) is 14.6. The fourth-order valence-corrected chi connectivity index (χ4v) is 3.76. The van der Waals surface area contributed by atoms with Gasteiger partial charge in [0.15, 0.2) is 0 Å². The van der Waals surface area contributed by atoms with Crippen LogP contribution in [0.2, 0.25) is 0 Å². The summed E-state index contributed by atoms with van der Waals surface area (Å²) in [6.45, 7) is 0.487. The van der Waals surface area contributed by atoms with Crippen LogP contribution in [-0.4, -0.2) is 34.7 Å². The molecule has 0 fully saturated rings. The average Bonchev–Trinajstić information content (AvgIpc) is 3.33. The van der Waals surface area contributed by atoms with Crippen LogP contribution < -0.4 is 0 Å². The van der Waals surface area contributed by atoms with Crippen molar-refractivity contribution in [2.24, 2.45) is 5.16 Å². The Kier molecular flexibility index (Phi) is 4.67. The molecule has 0 spiro atoms. The van der Waals surface area contributed by atoms with Crippen molar-refractivity contribution in [1.82, 2.24) is 9.88 Å². The molecule has 1 amide bonds. The first-order chi connectivity index (χ1) is 12.7. The molecule has 0 radical (unpaired) electrons. The van der Waals surface area contributed by atoms with Crippen LogP contribution in [0.5, 0.6) is 0 Å². The highest BCUT2D eigenvalue weighted by atomic mass is 32.1. The molecule has 6 heteroatoms. The largest absolute Gasteiger partial charge is 0.382 e. The van der Waals surface area contributed by atoms with Crippen LogP contribution >= 0.6 is 11.3 Å². The first-order valence-corrected chi connectivity index (χ1v) is 9.45. The molecule has 4 rings (SSSR count). The highest BCUT2D eigenvalue weighted by molar-refractivity contribution is 7.07. The third-order valence-corrected chi connectivity index (χ3v) is 5.17. The maximum atomic E-state index is 12.6. The topological polar surface area (TPSA) is 54.8 Å². The van der Waals surface area contributed by atoms with Gasteiger partial charge in [-0.15, -0.1) is 11.3 Å². The second kappa shape index (κ2) is 7.25. The van der Waals surface area contributed by atoms with Gasteiger partial charge in [0.25, 0.3) is 5.91 Å². The molecular formula is C20H19N3O2S. The van der Waals surface area contributed by atoms with Crippen molar-refractivity contribution in [2.45, 2.75) is 25.5 Å². The van der Waals surface area contributed by atoms with E-state index < -0.39 is 6.10 Å². The highest BCUT2D eigenvalue weighted by Gasteiger charge is 2.30. The fraction of sp³-hybridized carbons (Fsp3) is 0.250. The zero-order valence-electron chi connectivity index (χ0n) is 14.5. The van der Waals surface area contributed by atoms with Crippen molar-refractivity contribution < 1.29 is 9.63 Å². The number of likely N-dealkylation sites (N-methyl/N-ethyl adjacent to an activating group) is 1. The minimum Gasteiger partial charge on any atom is -0.382 e. The molecule has 1 atom stereocenters. The zero-order chi connectivity index (χ0) is 17.9. The van der Waals surface area contributed by atoms with E-state index in [1.807, 2.05) is 17.5 Å². The molecule has 0 N–H and O–H groups in total. The molecule has 132 valence electrons. The Morgan fingerprint density at radius 1 is 1.27 bits per heavy atom. The number of thiazole rings is 1. The summed E-state index contributed by atoms with van der Waals surface area (Å²) in [5.74, 6) is -0.0605. The summed E-state index contributed by atoms with van der Waals surface area (Å²) in [5, 5.41) is 8.55. The minimum atomic E-state index is -0.538. The summed E-state index contributed by atoms with van der Waals surface area (Å²) < 4.78 is 0. The molecule has 1 aliphatic heterocycles. The predicted molar refractivity (Wildman–Crippen MR) is 103 cm³/mol. The zero-order valence-corrected chi connectivity index (χ0v) is 15.3. The van der Waals surface area contributed by atoms with Crippen LogP contribution in [-0.2, 0) is 22.6 Å². The lowest BCUT2D eigenvalue weighted by molar-refractivity contribution is -0.141. The lowest BCUT2D eigenvalue weighted by atomic mass is 9.98. The van der Waals surface area contributed by atoms with Gasteiger partial charge >= 0.3 is 0 Å². The Morgan fingerprint density at radius 3 is 2.96 bits per heavy atom. The molecule has 0 saturated heterocycles. The first-order valence-electron chi connectivity index (χ1n) is 8.51. The van der Waals surface area contributed by atoms with E-state index in [-0.39, 0.29) is 5.91 Å². The maximum Gasteiger partial charge on any atom is 0.266 e. The van der Waals surface area contributed by atoms with E-state index in [2.05, 4.69) is 40.5 Å². The first kappa shape index (κ1) is 16.7. The van der Waals surface area contributed by atoms with E-state index in [1.165, 1.54) is 27.7 Å². The number of hydrogen-bond acceptors (Lipinski definition) is 5. The van der Waals surface area contributed by atoms with Crippen LogP contribution in [0.1, 0.15) is 17.7 Å². The Morgan fingerprint density at radius 2 is 2.12 bits per heavy atom. The standard InChI is InChI=1S/C20H19N3O2S/c1-23(11-17-12-26-13-21-17)20(24)19-10-16(22-25-19)9-15-7-4-6-14-5-2-3-8-18(14)15/h2-8,12-13,19H,9-11H2,1H3. The molecule has 0 bridgehead atoms. The molecule has 2 heterocycles. The minimum absolute atomic E-state index is 0.0605. The van der Waals surface area contributed by atoms with Gasteiger partial charge < -0.3 is 9.74 Å². The van der Waals surface area contributed by atoms with Gasteiger partial charge in [-0.05, 0) is 16.3 Å². The number of rotatable bonds is 5. The van der Waals surface area contributed by atoms with Gasteiger partial charge in [-0.2, -0.15) is 0 Å². The molecule has 5 nitrogen and oxygen atoms in total. The van der Waals surface area contributed by atoms with Crippen molar-refractivity contribution in [3.8, 4) is 0 Å². The Labute approximate surface area is 155 Å². The smallest absolute Gasteiger partial charge is 0.266 e. The Hall–Kier alpha value is -2.73. The van der Waals surface area contributed by atoms with E-state index in [0.29, 0.717) is 19.4 Å². The molecule has 0 aliphatic carbocycles. The molecular weight excluding hydrogens is 346 g/mol. The summed E-state index contributed by atoms with van der Waals surface area (Å²) in [7, 11) is 1.77. The molecule has 0 saturated carbocycles. The van der Waals surface area contributed by atoms with Gasteiger partial charge in [0, 0.05) is 25.3 Å². The Balaban J connectivity index is 1.41. The van der Waals surface area contributed by atoms with Gasteiger partial charge in [-0.3, -0.25) is 4.79 Å². The second-order valence-electron chi connectivity index (χ2n) is 6.44. The van der Waals surface area contributed by atoms with Crippen molar-refractivity contribution in [3.05, 3.63) is 64.6 Å². The second-order valence-corrected chi connectivity index (χ2v) is 7.16. The molecule has 1 unspecified atom stereocenters. The molecule has 1 aromatic heterocycles. The number of nitrogens with zero attached hydrogens (tertiary/aromatic N) is 3. The summed E-state index contributed by atoms with van der Waals surface area (Å²) >= 11 is 1.53. The number of hydrogen-bond donors (Lipinski definition) is 0. The molecule has 2 aromatic carbocycles. The molecule has 1 aliphatic rings. The number of carbonyl (C=O) groups is 1. The predicted octanol–water partition coefficient (Wildman–Crippen LogP) is 3.64. The van der Waals surface area contributed by atoms with Crippen molar-refractivity contribution in [1.29, 1.82) is 0 Å². The van der Waals surface area contributed by atoms with Crippen LogP contribution in [0.15, 0.2) is 58.5 Å². The van der Waals surface area contributed by atoms with E-state index in [9.17, 15) is 4.79 Å². The quantitative estimate of drug-likeness (QED) is 0.694. The molecule has 26 heavy (non-hydrogen) atoms. The van der Waals surface area contributed by atoms with Crippen molar-refractivity contribution in [2.75, 3.05) is 7.05 Å². The van der Waals surface area contributed by atoms with Crippen LogP contribution in [0.4, 0.5) is 0 Å². The normalized spacial score (nSPS) is 16.3. The number of amides is 1. The number of fused-ring (bicyclic) bond motifs is 1. The number of aromatic nitrogens is 1. The van der Waals surface area contributed by atoms with Gasteiger partial charge in [-0.1, -0.05) is 47.6 Å². The molecule has 3 aromatic rings. The SMILES string of the molecule is CN(Cc1cscn1)C(=O)C1CC(Cc2cccc3ccccc23)=NO1. The third kappa shape index (κ3) is 3.46. The fourth-order valence-electron chi connectivity index (χ4n) is 3.21. The van der Waals surface area contributed by atoms with Gasteiger partial charge in [0.2, 0.25) is 6.10 Å². The van der Waals surface area contributed by atoms with E-state index in [4.69, 9.17) is 4.84 Å². The Bertz CT molecular complexity index is 947. The van der Waals surface area contributed by atoms with E-state index >= 15 is 0 Å². The van der Waals surface area contributed by atoms with Crippen LogP contribution in [0.25, 0.3) is 10.8 Å². The maximum absolute atomic E-state index is 12.6. The number of benzene rings is 2.